The van der Waals surface area contributed by atoms with Crippen LogP contribution >= 0.6 is 15.6 Å². The van der Waals surface area contributed by atoms with Gasteiger partial charge in [0.2, 0.25) is 0 Å². The summed E-state index contributed by atoms with van der Waals surface area (Å²) in [5.74, 6) is 0.178. The molecule has 0 rings (SSSR count). The van der Waals surface area contributed by atoms with E-state index in [-0.39, 0.29) is 25.7 Å². The molecule has 0 spiro atoms. The molecule has 19 heteroatoms. The number of hydrogen-bond donors (Lipinski definition) is 3. The number of unbranched alkanes of at least 4 members (excludes halogenated alkanes) is 44. The van der Waals surface area contributed by atoms with Gasteiger partial charge in [-0.2, -0.15) is 0 Å². The summed E-state index contributed by atoms with van der Waals surface area (Å²) in [6, 6.07) is 0. The van der Waals surface area contributed by atoms with Crippen molar-refractivity contribution in [3.8, 4) is 0 Å². The van der Waals surface area contributed by atoms with Crippen LogP contribution in [0.5, 0.6) is 0 Å². The molecule has 0 heterocycles. The maximum absolute atomic E-state index is 13.1. The standard InChI is InChI=1S/C78H152O17P2/c1-8-9-10-11-12-13-14-15-16-17-18-25-32-40-47-54-61-77(82)94-73(65-88-75(80)59-52-45-38-31-24-20-19-22-28-35-42-49-56-69(2)3)67-92-96(84,85)90-63-72(79)64-91-97(86,87)93-68-74(66-89-76(81)60-53-46-39-34-27-30-37-44-51-58-71(6)7)95-78(83)62-55-48-41-33-26-21-23-29-36-43-50-57-70(4)5/h69-74,79H,8-68H2,1-7H3,(H,84,85)(H,86,87)/t72-,73-,74-/m1/s1. The van der Waals surface area contributed by atoms with E-state index in [0.29, 0.717) is 25.7 Å². The van der Waals surface area contributed by atoms with Gasteiger partial charge in [-0.25, -0.2) is 9.13 Å². The van der Waals surface area contributed by atoms with E-state index < -0.39 is 97.5 Å². The van der Waals surface area contributed by atoms with Crippen LogP contribution in [0.15, 0.2) is 0 Å². The molecule has 97 heavy (non-hydrogen) atoms. The number of hydrogen-bond acceptors (Lipinski definition) is 15. The Labute approximate surface area is 594 Å². The predicted octanol–water partition coefficient (Wildman–Crippen LogP) is 23.0. The topological polar surface area (TPSA) is 237 Å². The maximum atomic E-state index is 13.1. The van der Waals surface area contributed by atoms with Gasteiger partial charge in [-0.15, -0.1) is 0 Å². The minimum atomic E-state index is -4.96. The summed E-state index contributed by atoms with van der Waals surface area (Å²) in [6.07, 6.45) is 55.4. The number of aliphatic hydroxyl groups excluding tert-OH is 1. The Kier molecular flexibility index (Phi) is 67.1. The van der Waals surface area contributed by atoms with Gasteiger partial charge < -0.3 is 33.8 Å². The molecule has 0 aliphatic heterocycles. The van der Waals surface area contributed by atoms with E-state index in [4.69, 9.17) is 37.0 Å². The lowest BCUT2D eigenvalue weighted by atomic mass is 10.0. The fourth-order valence-corrected chi connectivity index (χ4v) is 13.5. The second-order valence-corrected chi connectivity index (χ2v) is 32.4. The molecule has 3 N–H and O–H groups in total. The maximum Gasteiger partial charge on any atom is 0.472 e. The minimum Gasteiger partial charge on any atom is -0.462 e. The highest BCUT2D eigenvalue weighted by atomic mass is 31.2. The van der Waals surface area contributed by atoms with Crippen molar-refractivity contribution in [2.75, 3.05) is 39.6 Å². The predicted molar refractivity (Wildman–Crippen MR) is 395 cm³/mol. The first-order valence-electron chi connectivity index (χ1n) is 40.3. The van der Waals surface area contributed by atoms with Gasteiger partial charge in [-0.05, 0) is 43.4 Å². The van der Waals surface area contributed by atoms with Crippen molar-refractivity contribution in [3.63, 3.8) is 0 Å². The average Bonchev–Trinajstić information content (AvgIpc) is 1.46. The summed E-state index contributed by atoms with van der Waals surface area (Å²) in [4.78, 5) is 72.9. The Morgan fingerprint density at radius 3 is 0.701 bits per heavy atom. The molecule has 17 nitrogen and oxygen atoms in total. The molecule has 5 atom stereocenters. The van der Waals surface area contributed by atoms with Gasteiger partial charge >= 0.3 is 39.5 Å². The van der Waals surface area contributed by atoms with Crippen LogP contribution < -0.4 is 0 Å². The largest absolute Gasteiger partial charge is 0.472 e. The molecular weight excluding hydrogens is 1270 g/mol. The molecular formula is C78H152O17P2. The average molecular weight is 1420 g/mol. The van der Waals surface area contributed by atoms with Gasteiger partial charge in [0.05, 0.1) is 26.4 Å². The van der Waals surface area contributed by atoms with Crippen LogP contribution in [0.1, 0.15) is 402 Å². The summed E-state index contributed by atoms with van der Waals surface area (Å²) < 4.78 is 68.6. The van der Waals surface area contributed by atoms with Gasteiger partial charge in [-0.1, -0.05) is 350 Å². The molecule has 2 unspecified atom stereocenters. The third-order valence-corrected chi connectivity index (χ3v) is 20.0. The second kappa shape index (κ2) is 68.5. The Hall–Kier alpha value is -1.94. The molecule has 0 saturated carbocycles. The fourth-order valence-electron chi connectivity index (χ4n) is 12.0. The molecule has 0 saturated heterocycles. The third kappa shape index (κ3) is 72.2. The van der Waals surface area contributed by atoms with Crippen LogP contribution in [0.3, 0.4) is 0 Å². The van der Waals surface area contributed by atoms with E-state index in [1.54, 1.807) is 0 Å². The van der Waals surface area contributed by atoms with Gasteiger partial charge in [0.15, 0.2) is 12.2 Å². The summed E-state index contributed by atoms with van der Waals surface area (Å²) in [5.41, 5.74) is 0. The zero-order valence-electron chi connectivity index (χ0n) is 63.5. The highest BCUT2D eigenvalue weighted by Gasteiger charge is 2.30. The van der Waals surface area contributed by atoms with Crippen molar-refractivity contribution >= 4 is 39.5 Å². The lowest BCUT2D eigenvalue weighted by Crippen LogP contribution is -2.30. The minimum absolute atomic E-state index is 0.106. The number of carbonyl (C=O) groups is 4. The Morgan fingerprint density at radius 2 is 0.474 bits per heavy atom. The number of esters is 4. The van der Waals surface area contributed by atoms with Crippen LogP contribution in [-0.2, 0) is 65.4 Å². The summed E-state index contributed by atoms with van der Waals surface area (Å²) in [6.45, 7) is 11.9. The summed E-state index contributed by atoms with van der Waals surface area (Å²) >= 11 is 0. The van der Waals surface area contributed by atoms with Crippen LogP contribution in [-0.4, -0.2) is 96.7 Å². The first-order valence-corrected chi connectivity index (χ1v) is 43.3. The molecule has 0 aromatic rings. The third-order valence-electron chi connectivity index (χ3n) is 18.1. The van der Waals surface area contributed by atoms with E-state index in [2.05, 4.69) is 48.5 Å². The number of aliphatic hydroxyl groups is 1. The van der Waals surface area contributed by atoms with Crippen LogP contribution in [0.2, 0.25) is 0 Å². The molecule has 0 amide bonds. The first kappa shape index (κ1) is 95.1. The van der Waals surface area contributed by atoms with Gasteiger partial charge in [0.25, 0.3) is 0 Å². The van der Waals surface area contributed by atoms with Crippen LogP contribution in [0, 0.1) is 17.8 Å². The van der Waals surface area contributed by atoms with Crippen molar-refractivity contribution in [2.24, 2.45) is 17.8 Å². The monoisotopic (exact) mass is 1420 g/mol. The van der Waals surface area contributed by atoms with E-state index in [0.717, 1.165) is 108 Å². The normalized spacial score (nSPS) is 14.0. The molecule has 0 bridgehead atoms. The smallest absolute Gasteiger partial charge is 0.462 e. The Morgan fingerprint density at radius 1 is 0.278 bits per heavy atom. The summed E-state index contributed by atoms with van der Waals surface area (Å²) in [7, 11) is -9.92. The first-order chi connectivity index (χ1) is 46.7. The number of rotatable bonds is 76. The van der Waals surface area contributed by atoms with Crippen molar-refractivity contribution in [2.45, 2.75) is 420 Å². The quantitative estimate of drug-likeness (QED) is 0.0222. The lowest BCUT2D eigenvalue weighted by molar-refractivity contribution is -0.161. The lowest BCUT2D eigenvalue weighted by Gasteiger charge is -2.21. The Bertz CT molecular complexity index is 1890. The molecule has 576 valence electrons. The zero-order valence-corrected chi connectivity index (χ0v) is 65.3. The van der Waals surface area contributed by atoms with Crippen molar-refractivity contribution in [3.05, 3.63) is 0 Å². The number of ether oxygens (including phenoxy) is 4. The van der Waals surface area contributed by atoms with Gasteiger partial charge in [-0.3, -0.25) is 37.3 Å². The number of carbonyl (C=O) groups excluding carboxylic acids is 4. The van der Waals surface area contributed by atoms with Gasteiger partial charge in [0.1, 0.15) is 19.3 Å². The van der Waals surface area contributed by atoms with Crippen LogP contribution in [0.4, 0.5) is 0 Å². The van der Waals surface area contributed by atoms with Crippen molar-refractivity contribution < 1.29 is 80.2 Å². The Balaban J connectivity index is 5.27. The highest BCUT2D eigenvalue weighted by Crippen LogP contribution is 2.45. The number of phosphoric acid groups is 2. The fraction of sp³-hybridized carbons (Fsp3) is 0.949. The summed E-state index contributed by atoms with van der Waals surface area (Å²) in [5, 5.41) is 10.6. The van der Waals surface area contributed by atoms with Gasteiger partial charge in [0, 0.05) is 25.7 Å². The van der Waals surface area contributed by atoms with Crippen molar-refractivity contribution in [1.82, 2.24) is 0 Å². The van der Waals surface area contributed by atoms with Crippen molar-refractivity contribution in [1.29, 1.82) is 0 Å². The van der Waals surface area contributed by atoms with E-state index in [9.17, 15) is 43.2 Å². The van der Waals surface area contributed by atoms with E-state index >= 15 is 0 Å². The highest BCUT2D eigenvalue weighted by molar-refractivity contribution is 7.47. The van der Waals surface area contributed by atoms with E-state index in [1.807, 2.05) is 0 Å². The number of phosphoric ester groups is 2. The molecule has 0 aromatic heterocycles. The molecule has 0 radical (unpaired) electrons. The SMILES string of the molecule is CCCCCCCCCCCCCCCCCCC(=O)O[C@H](COC(=O)CCCCCCCCCCCCCCC(C)C)COP(=O)(O)OC[C@@H](O)COP(=O)(O)OC[C@@H](COC(=O)CCCCCCCCCCCC(C)C)OC(=O)CCCCCCCCCCCCCC(C)C. The zero-order chi connectivity index (χ0) is 71.6. The van der Waals surface area contributed by atoms with Crippen LogP contribution in [0.25, 0.3) is 0 Å². The second-order valence-electron chi connectivity index (χ2n) is 29.5. The molecule has 0 aromatic carbocycles. The molecule has 0 fully saturated rings. The molecule has 0 aliphatic carbocycles. The molecule has 0 aliphatic rings. The van der Waals surface area contributed by atoms with E-state index in [1.165, 1.54) is 212 Å².